The van der Waals surface area contributed by atoms with Gasteiger partial charge in [-0.25, -0.2) is 4.98 Å². The fraction of sp³-hybridized carbons (Fsp3) is 0.278. The first-order valence-electron chi connectivity index (χ1n) is 7.59. The SMILES string of the molecule is COc1ccc(C)cc1[C@H](C)NCc1c(Cl)nc2ccccn12. The lowest BCUT2D eigenvalue weighted by Gasteiger charge is -2.18. The molecule has 0 amide bonds. The Morgan fingerprint density at radius 2 is 2.13 bits per heavy atom. The second kappa shape index (κ2) is 6.60. The number of ether oxygens (including phenoxy) is 1. The Morgan fingerprint density at radius 1 is 1.30 bits per heavy atom. The predicted molar refractivity (Wildman–Crippen MR) is 93.2 cm³/mol. The zero-order valence-electron chi connectivity index (χ0n) is 13.5. The number of benzene rings is 1. The van der Waals surface area contributed by atoms with E-state index < -0.39 is 0 Å². The molecule has 0 radical (unpaired) electrons. The Hall–Kier alpha value is -2.04. The lowest BCUT2D eigenvalue weighted by Crippen LogP contribution is -2.20. The fourth-order valence-corrected chi connectivity index (χ4v) is 2.97. The molecule has 0 fully saturated rings. The first kappa shape index (κ1) is 15.8. The van der Waals surface area contributed by atoms with Crippen molar-refractivity contribution in [1.29, 1.82) is 0 Å². The first-order valence-corrected chi connectivity index (χ1v) is 7.97. The number of fused-ring (bicyclic) bond motifs is 1. The second-order valence-electron chi connectivity index (χ2n) is 5.63. The summed E-state index contributed by atoms with van der Waals surface area (Å²) in [6.45, 7) is 4.83. The molecule has 3 rings (SSSR count). The zero-order chi connectivity index (χ0) is 16.4. The van der Waals surface area contributed by atoms with Crippen molar-refractivity contribution in [3.05, 3.63) is 64.6 Å². The minimum Gasteiger partial charge on any atom is -0.496 e. The molecule has 0 unspecified atom stereocenters. The Morgan fingerprint density at radius 3 is 2.91 bits per heavy atom. The lowest BCUT2D eigenvalue weighted by atomic mass is 10.0. The fourth-order valence-electron chi connectivity index (χ4n) is 2.73. The molecule has 0 bridgehead atoms. The van der Waals surface area contributed by atoms with Crippen LogP contribution in [0.25, 0.3) is 5.65 Å². The van der Waals surface area contributed by atoms with Gasteiger partial charge in [-0.3, -0.25) is 0 Å². The van der Waals surface area contributed by atoms with E-state index in [0.717, 1.165) is 22.7 Å². The van der Waals surface area contributed by atoms with Crippen molar-refractivity contribution in [3.8, 4) is 5.75 Å². The van der Waals surface area contributed by atoms with Gasteiger partial charge in [0.2, 0.25) is 0 Å². The standard InChI is InChI=1S/C18H20ClN3O/c1-12-7-8-16(23-3)14(10-12)13(2)20-11-15-18(19)21-17-6-4-5-9-22(15)17/h4-10,13,20H,11H2,1-3H3/t13-/m0/s1. The highest BCUT2D eigenvalue weighted by Crippen LogP contribution is 2.27. The van der Waals surface area contributed by atoms with E-state index in [0.29, 0.717) is 11.7 Å². The molecule has 4 nitrogen and oxygen atoms in total. The van der Waals surface area contributed by atoms with Crippen LogP contribution in [0.2, 0.25) is 5.15 Å². The third kappa shape index (κ3) is 3.19. The average molecular weight is 330 g/mol. The lowest BCUT2D eigenvalue weighted by molar-refractivity contribution is 0.401. The van der Waals surface area contributed by atoms with Crippen LogP contribution in [-0.2, 0) is 6.54 Å². The van der Waals surface area contributed by atoms with Crippen LogP contribution in [0.4, 0.5) is 0 Å². The van der Waals surface area contributed by atoms with Crippen LogP contribution in [-0.4, -0.2) is 16.5 Å². The van der Waals surface area contributed by atoms with Gasteiger partial charge < -0.3 is 14.5 Å². The van der Waals surface area contributed by atoms with Gasteiger partial charge in [-0.1, -0.05) is 35.4 Å². The van der Waals surface area contributed by atoms with Gasteiger partial charge >= 0.3 is 0 Å². The van der Waals surface area contributed by atoms with E-state index >= 15 is 0 Å². The summed E-state index contributed by atoms with van der Waals surface area (Å²) in [6, 6.07) is 12.2. The first-order chi connectivity index (χ1) is 11.1. The number of halogens is 1. The number of imidazole rings is 1. The summed E-state index contributed by atoms with van der Waals surface area (Å²) in [4.78, 5) is 4.38. The smallest absolute Gasteiger partial charge is 0.152 e. The maximum atomic E-state index is 6.28. The highest BCUT2D eigenvalue weighted by Gasteiger charge is 2.14. The van der Waals surface area contributed by atoms with Gasteiger partial charge in [0, 0.05) is 24.3 Å². The molecule has 0 saturated carbocycles. The number of pyridine rings is 1. The number of methoxy groups -OCH3 is 1. The normalized spacial score (nSPS) is 12.5. The minimum atomic E-state index is 0.134. The molecular formula is C18H20ClN3O. The Balaban J connectivity index is 1.82. The van der Waals surface area contributed by atoms with Gasteiger partial charge in [-0.15, -0.1) is 0 Å². The van der Waals surface area contributed by atoms with Crippen molar-refractivity contribution in [3.63, 3.8) is 0 Å². The van der Waals surface area contributed by atoms with Crippen molar-refractivity contribution >= 4 is 17.2 Å². The molecule has 2 heterocycles. The molecule has 0 saturated heterocycles. The highest BCUT2D eigenvalue weighted by atomic mass is 35.5. The van der Waals surface area contributed by atoms with Crippen molar-refractivity contribution in [2.24, 2.45) is 0 Å². The minimum absolute atomic E-state index is 0.134. The number of rotatable bonds is 5. The summed E-state index contributed by atoms with van der Waals surface area (Å²) < 4.78 is 7.48. The molecule has 0 spiro atoms. The summed E-state index contributed by atoms with van der Waals surface area (Å²) in [6.07, 6.45) is 1.98. The third-order valence-electron chi connectivity index (χ3n) is 4.01. The Kier molecular flexibility index (Phi) is 4.55. The van der Waals surface area contributed by atoms with Gasteiger partial charge in [0.15, 0.2) is 5.15 Å². The second-order valence-corrected chi connectivity index (χ2v) is 5.98. The topological polar surface area (TPSA) is 38.6 Å². The molecular weight excluding hydrogens is 310 g/mol. The summed E-state index contributed by atoms with van der Waals surface area (Å²) in [5.41, 5.74) is 4.16. The van der Waals surface area contributed by atoms with Crippen molar-refractivity contribution in [2.75, 3.05) is 7.11 Å². The molecule has 23 heavy (non-hydrogen) atoms. The van der Waals surface area contributed by atoms with E-state index in [-0.39, 0.29) is 6.04 Å². The summed E-state index contributed by atoms with van der Waals surface area (Å²) in [5.74, 6) is 0.889. The third-order valence-corrected chi connectivity index (χ3v) is 4.31. The summed E-state index contributed by atoms with van der Waals surface area (Å²) in [7, 11) is 1.70. The van der Waals surface area contributed by atoms with E-state index in [1.807, 2.05) is 34.9 Å². The van der Waals surface area contributed by atoms with E-state index in [2.05, 4.69) is 36.3 Å². The Bertz CT molecular complexity index is 828. The maximum Gasteiger partial charge on any atom is 0.152 e. The largest absolute Gasteiger partial charge is 0.496 e. The number of aromatic nitrogens is 2. The summed E-state index contributed by atoms with van der Waals surface area (Å²) in [5, 5.41) is 4.05. The van der Waals surface area contributed by atoms with Crippen LogP contribution in [0.15, 0.2) is 42.6 Å². The van der Waals surface area contributed by atoms with Crippen molar-refractivity contribution < 1.29 is 4.74 Å². The maximum absolute atomic E-state index is 6.28. The van der Waals surface area contributed by atoms with Gasteiger partial charge in [-0.2, -0.15) is 0 Å². The number of nitrogens with zero attached hydrogens (tertiary/aromatic N) is 2. The van der Waals surface area contributed by atoms with E-state index in [4.69, 9.17) is 16.3 Å². The quantitative estimate of drug-likeness (QED) is 0.764. The van der Waals surface area contributed by atoms with Gasteiger partial charge in [0.1, 0.15) is 11.4 Å². The molecule has 120 valence electrons. The van der Waals surface area contributed by atoms with Crippen LogP contribution in [0.3, 0.4) is 0 Å². The molecule has 5 heteroatoms. The van der Waals surface area contributed by atoms with Gasteiger partial charge in [0.25, 0.3) is 0 Å². The van der Waals surface area contributed by atoms with E-state index in [1.54, 1.807) is 7.11 Å². The van der Waals surface area contributed by atoms with Crippen LogP contribution in [0.1, 0.15) is 29.8 Å². The molecule has 1 N–H and O–H groups in total. The number of hydrogen-bond acceptors (Lipinski definition) is 3. The summed E-state index contributed by atoms with van der Waals surface area (Å²) >= 11 is 6.28. The van der Waals surface area contributed by atoms with Gasteiger partial charge in [-0.05, 0) is 32.0 Å². The van der Waals surface area contributed by atoms with Crippen LogP contribution in [0.5, 0.6) is 5.75 Å². The monoisotopic (exact) mass is 329 g/mol. The molecule has 0 aliphatic heterocycles. The van der Waals surface area contributed by atoms with E-state index in [9.17, 15) is 0 Å². The van der Waals surface area contributed by atoms with Crippen LogP contribution < -0.4 is 10.1 Å². The molecule has 0 aliphatic rings. The van der Waals surface area contributed by atoms with Gasteiger partial charge in [0.05, 0.1) is 12.8 Å². The van der Waals surface area contributed by atoms with Crippen LogP contribution >= 0.6 is 11.6 Å². The highest BCUT2D eigenvalue weighted by molar-refractivity contribution is 6.30. The zero-order valence-corrected chi connectivity index (χ0v) is 14.3. The number of aryl methyl sites for hydroxylation is 1. The molecule has 1 atom stereocenters. The predicted octanol–water partition coefficient (Wildman–Crippen LogP) is 4.16. The van der Waals surface area contributed by atoms with Crippen LogP contribution in [0, 0.1) is 6.92 Å². The number of hydrogen-bond donors (Lipinski definition) is 1. The average Bonchev–Trinajstić information content (AvgIpc) is 2.88. The van der Waals surface area contributed by atoms with Crippen molar-refractivity contribution in [2.45, 2.75) is 26.4 Å². The molecule has 1 aromatic carbocycles. The molecule has 2 aromatic heterocycles. The van der Waals surface area contributed by atoms with Crippen molar-refractivity contribution in [1.82, 2.24) is 14.7 Å². The van der Waals surface area contributed by atoms with E-state index in [1.165, 1.54) is 5.56 Å². The molecule has 3 aromatic rings. The number of nitrogens with one attached hydrogen (secondary N) is 1. The Labute approximate surface area is 141 Å². The molecule has 0 aliphatic carbocycles.